The van der Waals surface area contributed by atoms with Gasteiger partial charge >= 0.3 is 12.1 Å². The number of carbonyl (C=O) groups excluding carboxylic acids is 4. The topological polar surface area (TPSA) is 154 Å². The first kappa shape index (κ1) is 30.9. The lowest BCUT2D eigenvalue weighted by Crippen LogP contribution is -2.55. The zero-order valence-electron chi connectivity index (χ0n) is 21.9. The predicted octanol–water partition coefficient (Wildman–Crippen LogP) is 1.12. The summed E-state index contributed by atoms with van der Waals surface area (Å²) >= 11 is 0. The summed E-state index contributed by atoms with van der Waals surface area (Å²) in [6, 6.07) is 2.77. The van der Waals surface area contributed by atoms with E-state index in [2.05, 4.69) is 10.6 Å². The van der Waals surface area contributed by atoms with E-state index in [0.717, 1.165) is 10.5 Å². The van der Waals surface area contributed by atoms with Gasteiger partial charge in [-0.3, -0.25) is 14.4 Å². The van der Waals surface area contributed by atoms with Crippen LogP contribution in [-0.4, -0.2) is 83.5 Å². The van der Waals surface area contributed by atoms with E-state index < -0.39 is 54.8 Å². The van der Waals surface area contributed by atoms with E-state index >= 15 is 0 Å². The Morgan fingerprint density at radius 3 is 2.33 bits per heavy atom. The van der Waals surface area contributed by atoms with Crippen LogP contribution in [0.25, 0.3) is 0 Å². The third-order valence-corrected chi connectivity index (χ3v) is 5.02. The number of nitrogens with zero attached hydrogens (tertiary/aromatic N) is 1. The number of rotatable bonds is 12. The molecule has 0 aliphatic rings. The van der Waals surface area contributed by atoms with Crippen molar-refractivity contribution in [1.82, 2.24) is 15.5 Å². The average Bonchev–Trinajstić information content (AvgIpc) is 2.78. The first-order valence-electron chi connectivity index (χ1n) is 11.9. The number of benzene rings is 1. The van der Waals surface area contributed by atoms with Crippen LogP contribution in [0.1, 0.15) is 56.8 Å². The van der Waals surface area contributed by atoms with Gasteiger partial charge in [0.05, 0.1) is 26.2 Å². The van der Waals surface area contributed by atoms with Crippen LogP contribution >= 0.6 is 0 Å². The minimum atomic E-state index is -1.42. The lowest BCUT2D eigenvalue weighted by molar-refractivity contribution is -0.145. The molecule has 0 aromatic heterocycles. The number of aliphatic hydroxyl groups excluding tert-OH is 2. The van der Waals surface area contributed by atoms with Gasteiger partial charge in [0, 0.05) is 13.1 Å². The van der Waals surface area contributed by atoms with Crippen molar-refractivity contribution in [3.05, 3.63) is 34.9 Å². The van der Waals surface area contributed by atoms with Gasteiger partial charge < -0.3 is 35.2 Å². The molecule has 1 aromatic carbocycles. The van der Waals surface area contributed by atoms with Gasteiger partial charge in [0.15, 0.2) is 0 Å². The minimum absolute atomic E-state index is 0.0280. The van der Waals surface area contributed by atoms with Crippen molar-refractivity contribution in [2.45, 2.75) is 65.6 Å². The van der Waals surface area contributed by atoms with E-state index in [1.807, 2.05) is 13.0 Å². The molecule has 1 rings (SSSR count). The summed E-state index contributed by atoms with van der Waals surface area (Å²) in [5.41, 5.74) is 1.21. The lowest BCUT2D eigenvalue weighted by atomic mass is 9.96. The van der Waals surface area contributed by atoms with E-state index in [-0.39, 0.29) is 26.1 Å². The van der Waals surface area contributed by atoms with E-state index in [1.165, 1.54) is 0 Å². The Hall–Kier alpha value is -3.18. The number of nitrogens with one attached hydrogen (secondary N) is 2. The number of ether oxygens (including phenoxy) is 2. The molecular formula is C25H39N3O8. The molecule has 0 spiro atoms. The molecule has 1 aromatic rings. The average molecular weight is 510 g/mol. The van der Waals surface area contributed by atoms with Crippen LogP contribution in [0.5, 0.6) is 0 Å². The summed E-state index contributed by atoms with van der Waals surface area (Å²) in [5.74, 6) is -1.86. The fraction of sp³-hybridized carbons (Fsp3) is 0.600. The molecule has 0 saturated heterocycles. The maximum Gasteiger partial charge on any atom is 0.408 e. The maximum atomic E-state index is 13.5. The first-order valence-corrected chi connectivity index (χ1v) is 11.9. The molecule has 4 N–H and O–H groups in total. The zero-order chi connectivity index (χ0) is 27.5. The van der Waals surface area contributed by atoms with Gasteiger partial charge in [-0.25, -0.2) is 4.79 Å². The molecule has 11 heteroatoms. The van der Waals surface area contributed by atoms with Crippen molar-refractivity contribution in [1.29, 1.82) is 0 Å². The van der Waals surface area contributed by atoms with E-state index in [9.17, 15) is 29.4 Å². The maximum absolute atomic E-state index is 13.5. The predicted molar refractivity (Wildman–Crippen MR) is 132 cm³/mol. The summed E-state index contributed by atoms with van der Waals surface area (Å²) in [5, 5.41) is 24.6. The van der Waals surface area contributed by atoms with Gasteiger partial charge in [-0.1, -0.05) is 23.8 Å². The summed E-state index contributed by atoms with van der Waals surface area (Å²) < 4.78 is 10.1. The quantitative estimate of drug-likeness (QED) is 0.306. The van der Waals surface area contributed by atoms with E-state index in [4.69, 9.17) is 9.47 Å². The molecule has 0 fully saturated rings. The molecule has 0 bridgehead atoms. The zero-order valence-corrected chi connectivity index (χ0v) is 21.9. The Kier molecular flexibility index (Phi) is 12.3. The molecule has 202 valence electrons. The van der Waals surface area contributed by atoms with Crippen molar-refractivity contribution in [2.24, 2.45) is 0 Å². The molecule has 36 heavy (non-hydrogen) atoms. The monoisotopic (exact) mass is 509 g/mol. The van der Waals surface area contributed by atoms with Crippen molar-refractivity contribution in [3.63, 3.8) is 0 Å². The minimum Gasteiger partial charge on any atom is -0.466 e. The normalized spacial score (nSPS) is 12.8. The summed E-state index contributed by atoms with van der Waals surface area (Å²) in [6.45, 7) is 8.92. The fourth-order valence-corrected chi connectivity index (χ4v) is 3.43. The van der Waals surface area contributed by atoms with Gasteiger partial charge in [-0.05, 0) is 52.7 Å². The van der Waals surface area contributed by atoms with Crippen LogP contribution in [0.3, 0.4) is 0 Å². The van der Waals surface area contributed by atoms with Crippen LogP contribution < -0.4 is 10.6 Å². The Bertz CT molecular complexity index is 913. The lowest BCUT2D eigenvalue weighted by Gasteiger charge is -2.34. The van der Waals surface area contributed by atoms with Crippen LogP contribution in [0.4, 0.5) is 4.79 Å². The van der Waals surface area contributed by atoms with Gasteiger partial charge in [-0.15, -0.1) is 0 Å². The smallest absolute Gasteiger partial charge is 0.408 e. The number of alkyl carbamates (subject to hydrolysis) is 1. The number of amides is 3. The van der Waals surface area contributed by atoms with E-state index in [0.29, 0.717) is 11.1 Å². The molecule has 3 amide bonds. The largest absolute Gasteiger partial charge is 0.466 e. The molecule has 0 radical (unpaired) electrons. The Morgan fingerprint density at radius 2 is 1.78 bits per heavy atom. The van der Waals surface area contributed by atoms with Crippen molar-refractivity contribution in [3.8, 4) is 0 Å². The van der Waals surface area contributed by atoms with Crippen LogP contribution in [0.15, 0.2) is 18.2 Å². The Morgan fingerprint density at radius 1 is 1.11 bits per heavy atom. The second kappa shape index (κ2) is 14.4. The summed E-state index contributed by atoms with van der Waals surface area (Å²) in [7, 11) is 0. The number of aliphatic hydroxyl groups is 2. The van der Waals surface area contributed by atoms with Gasteiger partial charge in [-0.2, -0.15) is 0 Å². The van der Waals surface area contributed by atoms with Gasteiger partial charge in [0.1, 0.15) is 17.7 Å². The second-order valence-corrected chi connectivity index (χ2v) is 9.25. The highest BCUT2D eigenvalue weighted by atomic mass is 16.6. The molecule has 2 atom stereocenters. The van der Waals surface area contributed by atoms with Crippen molar-refractivity contribution >= 4 is 23.9 Å². The number of hydrogen-bond acceptors (Lipinski definition) is 8. The number of carbonyl (C=O) groups is 4. The second-order valence-electron chi connectivity index (χ2n) is 9.25. The number of esters is 1. The molecule has 0 aliphatic carbocycles. The highest BCUT2D eigenvalue weighted by Gasteiger charge is 2.36. The molecule has 2 unspecified atom stereocenters. The van der Waals surface area contributed by atoms with Crippen LogP contribution in [0, 0.1) is 13.8 Å². The fourth-order valence-electron chi connectivity index (χ4n) is 3.43. The number of hydrogen-bond donors (Lipinski definition) is 4. The Labute approximate surface area is 212 Å². The SMILES string of the molecule is CCOC(=O)CCNC(=O)C(c1cc(C)ccc1C)N(CCO)C(=O)C(CO)NC(=O)OC(C)(C)C. The van der Waals surface area contributed by atoms with Crippen molar-refractivity contribution in [2.75, 3.05) is 32.9 Å². The summed E-state index contributed by atoms with van der Waals surface area (Å²) in [4.78, 5) is 51.9. The van der Waals surface area contributed by atoms with Crippen LogP contribution in [0.2, 0.25) is 0 Å². The molecule has 0 aliphatic heterocycles. The third-order valence-electron chi connectivity index (χ3n) is 5.02. The van der Waals surface area contributed by atoms with Gasteiger partial charge in [0.25, 0.3) is 0 Å². The standard InChI is InChI=1S/C25H39N3O8/c1-7-35-20(31)10-11-26-22(32)21(18-14-16(2)8-9-17(18)3)28(12-13-29)23(33)19(15-30)27-24(34)36-25(4,5)6/h8-9,14,19,21,29-30H,7,10-13,15H2,1-6H3,(H,26,32)(H,27,34). The van der Waals surface area contributed by atoms with E-state index in [1.54, 1.807) is 46.8 Å². The Balaban J connectivity index is 3.33. The highest BCUT2D eigenvalue weighted by molar-refractivity contribution is 5.92. The summed E-state index contributed by atoms with van der Waals surface area (Å²) in [6.07, 6.45) is -0.979. The van der Waals surface area contributed by atoms with Gasteiger partial charge in [0.2, 0.25) is 11.8 Å². The first-order chi connectivity index (χ1) is 16.8. The number of aryl methyl sites for hydroxylation is 2. The highest BCUT2D eigenvalue weighted by Crippen LogP contribution is 2.26. The van der Waals surface area contributed by atoms with Crippen molar-refractivity contribution < 1.29 is 38.9 Å². The molecule has 0 saturated carbocycles. The molecule has 0 heterocycles. The molecule has 11 nitrogen and oxygen atoms in total. The van der Waals surface area contributed by atoms with Crippen LogP contribution in [-0.2, 0) is 23.9 Å². The molecular weight excluding hydrogens is 470 g/mol. The third kappa shape index (κ3) is 9.82.